The number of amides is 2. The van der Waals surface area contributed by atoms with Crippen molar-refractivity contribution < 1.29 is 14.7 Å². The zero-order chi connectivity index (χ0) is 32.5. The van der Waals surface area contributed by atoms with E-state index in [4.69, 9.17) is 4.98 Å². The zero-order valence-electron chi connectivity index (χ0n) is 27.1. The van der Waals surface area contributed by atoms with Crippen LogP contribution in [0.5, 0.6) is 0 Å². The summed E-state index contributed by atoms with van der Waals surface area (Å²) in [7, 11) is 1.60. The van der Waals surface area contributed by atoms with E-state index in [1.54, 1.807) is 38.8 Å². The first kappa shape index (κ1) is 33.1. The van der Waals surface area contributed by atoms with Crippen molar-refractivity contribution in [3.05, 3.63) is 72.3 Å². The molecule has 4 aromatic rings. The summed E-state index contributed by atoms with van der Waals surface area (Å²) >= 11 is 0. The van der Waals surface area contributed by atoms with Gasteiger partial charge in [-0.1, -0.05) is 58.4 Å². The number of carbonyl (C=O) groups is 2. The first-order valence-electron chi connectivity index (χ1n) is 16.6. The van der Waals surface area contributed by atoms with E-state index in [0.29, 0.717) is 36.7 Å². The van der Waals surface area contributed by atoms with Crippen molar-refractivity contribution >= 4 is 17.5 Å². The summed E-state index contributed by atoms with van der Waals surface area (Å²) in [6.45, 7) is 3.89. The molecule has 3 N–H and O–H groups in total. The Balaban J connectivity index is 1.52. The van der Waals surface area contributed by atoms with Crippen molar-refractivity contribution in [1.29, 1.82) is 0 Å². The van der Waals surface area contributed by atoms with Gasteiger partial charge in [-0.2, -0.15) is 0 Å². The van der Waals surface area contributed by atoms with Gasteiger partial charge in [0.1, 0.15) is 11.7 Å². The Kier molecular flexibility index (Phi) is 11.4. The van der Waals surface area contributed by atoms with Crippen molar-refractivity contribution in [3.63, 3.8) is 0 Å². The molecule has 0 spiro atoms. The monoisotopic (exact) mass is 626 g/mol. The molecule has 0 saturated heterocycles. The van der Waals surface area contributed by atoms with Gasteiger partial charge in [-0.3, -0.25) is 24.0 Å². The number of aromatic nitrogens is 6. The Morgan fingerprint density at radius 1 is 1.04 bits per heavy atom. The minimum absolute atomic E-state index is 0.132. The number of fused-ring (bicyclic) bond motifs is 1. The topological polar surface area (TPSA) is 147 Å². The quantitative estimate of drug-likeness (QED) is 0.186. The van der Waals surface area contributed by atoms with Gasteiger partial charge < -0.3 is 15.7 Å². The third-order valence-corrected chi connectivity index (χ3v) is 9.12. The lowest BCUT2D eigenvalue weighted by Crippen LogP contribution is -2.48. The van der Waals surface area contributed by atoms with E-state index in [0.717, 1.165) is 54.6 Å². The molecule has 0 aliphatic heterocycles. The second-order valence-corrected chi connectivity index (χ2v) is 12.6. The standard InChI is InChI=1S/C35H46N8O3/c1-4-10-28-33-42-41-32(43(33)22-30(39-28)26-14-9-16-38-21-26)27(18-25-13-8-15-37-20-25)35(46)40-29(19-24-11-6-5-7-12-24)31(44)17-23(2)34(45)36-3/h8-9,13-16,20-24,27,29,31,44H,4-7,10-12,17-19H2,1-3H3,(H,36,45)(H,40,46)/t23-,27?,29-,31-/m0/s1. The molecule has 1 fully saturated rings. The summed E-state index contributed by atoms with van der Waals surface area (Å²) in [6, 6.07) is 7.11. The van der Waals surface area contributed by atoms with Crippen LogP contribution in [0.2, 0.25) is 0 Å². The van der Waals surface area contributed by atoms with Gasteiger partial charge in [0.2, 0.25) is 11.8 Å². The van der Waals surface area contributed by atoms with Crippen LogP contribution in [0.3, 0.4) is 0 Å². The maximum atomic E-state index is 14.5. The minimum atomic E-state index is -0.884. The molecule has 5 rings (SSSR count). The van der Waals surface area contributed by atoms with Crippen LogP contribution in [0.15, 0.2) is 55.2 Å². The Bertz CT molecular complexity index is 1570. The minimum Gasteiger partial charge on any atom is -0.391 e. The molecular weight excluding hydrogens is 580 g/mol. The normalized spacial score (nSPS) is 16.4. The van der Waals surface area contributed by atoms with Crippen LogP contribution in [0.25, 0.3) is 16.9 Å². The van der Waals surface area contributed by atoms with Crippen LogP contribution < -0.4 is 10.6 Å². The van der Waals surface area contributed by atoms with Gasteiger partial charge in [0.05, 0.1) is 23.5 Å². The summed E-state index contributed by atoms with van der Waals surface area (Å²) in [4.78, 5) is 40.3. The maximum absolute atomic E-state index is 14.5. The molecule has 1 aliphatic rings. The molecule has 1 saturated carbocycles. The van der Waals surface area contributed by atoms with Crippen LogP contribution in [0.4, 0.5) is 0 Å². The fourth-order valence-corrected chi connectivity index (χ4v) is 6.58. The number of carbonyl (C=O) groups excluding carboxylic acids is 2. The number of aryl methyl sites for hydroxylation is 1. The molecule has 4 atom stereocenters. The summed E-state index contributed by atoms with van der Waals surface area (Å²) in [5, 5.41) is 26.5. The molecule has 11 nitrogen and oxygen atoms in total. The van der Waals surface area contributed by atoms with Gasteiger partial charge in [0, 0.05) is 49.5 Å². The predicted octanol–water partition coefficient (Wildman–Crippen LogP) is 4.45. The smallest absolute Gasteiger partial charge is 0.231 e. The van der Waals surface area contributed by atoms with Crippen LogP contribution in [0.1, 0.15) is 88.2 Å². The lowest BCUT2D eigenvalue weighted by molar-refractivity contribution is -0.125. The number of pyridine rings is 2. The molecule has 4 heterocycles. The highest BCUT2D eigenvalue weighted by molar-refractivity contribution is 5.84. The Morgan fingerprint density at radius 3 is 2.48 bits per heavy atom. The highest BCUT2D eigenvalue weighted by Crippen LogP contribution is 2.30. The van der Waals surface area contributed by atoms with Crippen LogP contribution in [0, 0.1) is 11.8 Å². The zero-order valence-corrected chi connectivity index (χ0v) is 27.1. The van der Waals surface area contributed by atoms with E-state index in [1.165, 1.54) is 6.42 Å². The van der Waals surface area contributed by atoms with E-state index in [1.807, 2.05) is 34.9 Å². The Labute approximate surface area is 270 Å². The molecule has 0 bridgehead atoms. The number of hydrogen-bond acceptors (Lipinski definition) is 8. The molecule has 1 unspecified atom stereocenters. The molecule has 46 heavy (non-hydrogen) atoms. The first-order chi connectivity index (χ1) is 22.4. The van der Waals surface area contributed by atoms with Crippen molar-refractivity contribution in [2.45, 2.75) is 96.1 Å². The van der Waals surface area contributed by atoms with E-state index in [-0.39, 0.29) is 18.2 Å². The lowest BCUT2D eigenvalue weighted by Gasteiger charge is -2.32. The molecule has 244 valence electrons. The first-order valence-corrected chi connectivity index (χ1v) is 16.6. The van der Waals surface area contributed by atoms with Crippen molar-refractivity contribution in [1.82, 2.24) is 40.2 Å². The number of rotatable bonds is 14. The Morgan fingerprint density at radius 2 is 1.80 bits per heavy atom. The van der Waals surface area contributed by atoms with Gasteiger partial charge in [-0.05, 0) is 55.4 Å². The molecule has 1 aliphatic carbocycles. The van der Waals surface area contributed by atoms with Crippen molar-refractivity contribution in [2.24, 2.45) is 11.8 Å². The number of hydrogen-bond donors (Lipinski definition) is 3. The SMILES string of the molecule is CCCc1nc(-c2cccnc2)cn2c(C(Cc3cccnc3)C(=O)N[C@@H](CC3CCCCC3)[C@@H](O)C[C@H](C)C(=O)NC)nnc12. The summed E-state index contributed by atoms with van der Waals surface area (Å²) in [5.74, 6) is -0.609. The largest absolute Gasteiger partial charge is 0.391 e. The molecule has 2 amide bonds. The number of aliphatic hydroxyl groups is 1. The second-order valence-electron chi connectivity index (χ2n) is 12.6. The molecule has 11 heteroatoms. The van der Waals surface area contributed by atoms with Gasteiger partial charge in [-0.25, -0.2) is 4.98 Å². The summed E-state index contributed by atoms with van der Waals surface area (Å²) < 4.78 is 1.89. The number of nitrogens with zero attached hydrogens (tertiary/aromatic N) is 6. The van der Waals surface area contributed by atoms with Crippen LogP contribution in [-0.4, -0.2) is 65.7 Å². The predicted molar refractivity (Wildman–Crippen MR) is 176 cm³/mol. The lowest BCUT2D eigenvalue weighted by atomic mass is 9.82. The number of aliphatic hydroxyl groups excluding tert-OH is 1. The fourth-order valence-electron chi connectivity index (χ4n) is 6.58. The summed E-state index contributed by atoms with van der Waals surface area (Å²) in [6.07, 6.45) is 16.4. The van der Waals surface area contributed by atoms with E-state index in [2.05, 4.69) is 37.7 Å². The van der Waals surface area contributed by atoms with E-state index >= 15 is 0 Å². The third-order valence-electron chi connectivity index (χ3n) is 9.12. The second kappa shape index (κ2) is 15.8. The van der Waals surface area contributed by atoms with Crippen LogP contribution in [-0.2, 0) is 22.4 Å². The summed E-state index contributed by atoms with van der Waals surface area (Å²) in [5.41, 5.74) is 3.88. The fraction of sp³-hybridized carbons (Fsp3) is 0.514. The van der Waals surface area contributed by atoms with Gasteiger partial charge >= 0.3 is 0 Å². The average Bonchev–Trinajstić information content (AvgIpc) is 3.51. The van der Waals surface area contributed by atoms with Crippen LogP contribution >= 0.6 is 0 Å². The van der Waals surface area contributed by atoms with Crippen molar-refractivity contribution in [3.8, 4) is 11.3 Å². The highest BCUT2D eigenvalue weighted by Gasteiger charge is 2.33. The van der Waals surface area contributed by atoms with E-state index < -0.39 is 24.0 Å². The third kappa shape index (κ3) is 8.12. The van der Waals surface area contributed by atoms with Gasteiger partial charge in [0.15, 0.2) is 5.65 Å². The number of nitrogens with one attached hydrogen (secondary N) is 2. The van der Waals surface area contributed by atoms with Crippen molar-refractivity contribution in [2.75, 3.05) is 7.05 Å². The molecule has 0 aromatic carbocycles. The highest BCUT2D eigenvalue weighted by atomic mass is 16.3. The van der Waals surface area contributed by atoms with Gasteiger partial charge in [0.25, 0.3) is 0 Å². The molecule has 4 aromatic heterocycles. The maximum Gasteiger partial charge on any atom is 0.231 e. The van der Waals surface area contributed by atoms with E-state index in [9.17, 15) is 14.7 Å². The average molecular weight is 627 g/mol. The molecular formula is C35H46N8O3. The Hall–Kier alpha value is -4.25. The van der Waals surface area contributed by atoms with Gasteiger partial charge in [-0.15, -0.1) is 10.2 Å². The molecule has 0 radical (unpaired) electrons.